The van der Waals surface area contributed by atoms with Gasteiger partial charge in [-0.15, -0.1) is 0 Å². The highest BCUT2D eigenvalue weighted by Gasteiger charge is 2.26. The molecule has 2 aromatic rings. The Labute approximate surface area is 118 Å². The molecule has 0 radical (unpaired) electrons. The third kappa shape index (κ3) is 1.88. The highest BCUT2D eigenvalue weighted by atomic mass is 16.1. The molecule has 0 spiro atoms. The number of fused-ring (bicyclic) bond motifs is 2. The Bertz CT molecular complexity index is 711. The summed E-state index contributed by atoms with van der Waals surface area (Å²) in [6.07, 6.45) is 0.659. The minimum Gasteiger partial charge on any atom is -0.294 e. The highest BCUT2D eigenvalue weighted by Crippen LogP contribution is 2.30. The first-order valence-corrected chi connectivity index (χ1v) is 6.88. The Morgan fingerprint density at radius 2 is 1.70 bits per heavy atom. The number of Topliss-reactive ketones (excluding diaryl/α,β-unsaturated/α-hetero) is 1. The van der Waals surface area contributed by atoms with Gasteiger partial charge in [0.2, 0.25) is 0 Å². The summed E-state index contributed by atoms with van der Waals surface area (Å²) < 4.78 is 0. The number of benzene rings is 2. The van der Waals surface area contributed by atoms with E-state index in [0.717, 1.165) is 16.7 Å². The first-order chi connectivity index (χ1) is 9.59. The van der Waals surface area contributed by atoms with Crippen LogP contribution < -0.4 is 0 Å². The van der Waals surface area contributed by atoms with Crippen molar-refractivity contribution in [3.63, 3.8) is 0 Å². The molecule has 0 aromatic heterocycles. The van der Waals surface area contributed by atoms with Crippen molar-refractivity contribution in [3.8, 4) is 0 Å². The van der Waals surface area contributed by atoms with Crippen molar-refractivity contribution in [1.29, 1.82) is 0 Å². The zero-order chi connectivity index (χ0) is 14.3. The molecular weight excluding hydrogens is 248 g/mol. The molecule has 0 saturated carbocycles. The molecule has 1 aliphatic rings. The lowest BCUT2D eigenvalue weighted by molar-refractivity contribution is 0.0938. The van der Waals surface area contributed by atoms with Gasteiger partial charge in [0.15, 0.2) is 11.6 Å². The van der Waals surface area contributed by atoms with Crippen LogP contribution >= 0.6 is 0 Å². The Morgan fingerprint density at radius 1 is 1.00 bits per heavy atom. The van der Waals surface area contributed by atoms with Crippen LogP contribution in [0.4, 0.5) is 0 Å². The molecule has 100 valence electrons. The van der Waals surface area contributed by atoms with Gasteiger partial charge in [0.25, 0.3) is 0 Å². The van der Waals surface area contributed by atoms with Gasteiger partial charge in [0.05, 0.1) is 0 Å². The van der Waals surface area contributed by atoms with Gasteiger partial charge in [0, 0.05) is 22.6 Å². The average Bonchev–Trinajstić information content (AvgIpc) is 2.46. The van der Waals surface area contributed by atoms with E-state index < -0.39 is 0 Å². The summed E-state index contributed by atoms with van der Waals surface area (Å²) in [7, 11) is 0. The van der Waals surface area contributed by atoms with Crippen LogP contribution in [-0.4, -0.2) is 11.6 Å². The Hall–Kier alpha value is -2.22. The first-order valence-electron chi connectivity index (χ1n) is 6.88. The number of hydrogen-bond donors (Lipinski definition) is 0. The second-order valence-electron chi connectivity index (χ2n) is 5.51. The van der Waals surface area contributed by atoms with E-state index in [-0.39, 0.29) is 17.5 Å². The van der Waals surface area contributed by atoms with Gasteiger partial charge in [-0.3, -0.25) is 9.59 Å². The van der Waals surface area contributed by atoms with E-state index in [4.69, 9.17) is 0 Å². The fourth-order valence-electron chi connectivity index (χ4n) is 2.76. The second kappa shape index (κ2) is 4.71. The molecule has 0 atom stereocenters. The topological polar surface area (TPSA) is 34.1 Å². The molecular formula is C18H16O2. The minimum absolute atomic E-state index is 0.0280. The van der Waals surface area contributed by atoms with E-state index in [1.54, 1.807) is 6.07 Å². The van der Waals surface area contributed by atoms with Gasteiger partial charge in [-0.05, 0) is 17.5 Å². The predicted molar refractivity (Wildman–Crippen MR) is 78.3 cm³/mol. The maximum absolute atomic E-state index is 12.5. The van der Waals surface area contributed by atoms with Gasteiger partial charge >= 0.3 is 0 Å². The Kier molecular flexibility index (Phi) is 3.01. The van der Waals surface area contributed by atoms with Crippen LogP contribution in [-0.2, 0) is 6.42 Å². The average molecular weight is 264 g/mol. The molecule has 3 rings (SSSR count). The third-order valence-corrected chi connectivity index (χ3v) is 3.84. The summed E-state index contributed by atoms with van der Waals surface area (Å²) in [6, 6.07) is 13.1. The maximum atomic E-state index is 12.5. The van der Waals surface area contributed by atoms with E-state index in [1.807, 2.05) is 50.2 Å². The minimum atomic E-state index is -0.0613. The molecule has 0 unspecified atom stereocenters. The molecule has 20 heavy (non-hydrogen) atoms. The molecule has 0 saturated heterocycles. The molecule has 0 bridgehead atoms. The van der Waals surface area contributed by atoms with Crippen molar-refractivity contribution >= 4 is 11.6 Å². The van der Waals surface area contributed by atoms with Crippen LogP contribution in [0.25, 0.3) is 0 Å². The number of ketones is 2. The van der Waals surface area contributed by atoms with Gasteiger partial charge in [-0.2, -0.15) is 0 Å². The third-order valence-electron chi connectivity index (χ3n) is 3.84. The molecule has 0 amide bonds. The summed E-state index contributed by atoms with van der Waals surface area (Å²) in [5.74, 6) is 0.0723. The molecule has 1 aliphatic carbocycles. The van der Waals surface area contributed by atoms with Gasteiger partial charge in [-0.1, -0.05) is 56.3 Å². The van der Waals surface area contributed by atoms with E-state index in [0.29, 0.717) is 17.5 Å². The van der Waals surface area contributed by atoms with E-state index >= 15 is 0 Å². The number of rotatable bonds is 2. The fraction of sp³-hybridized carbons (Fsp3) is 0.222. The smallest absolute Gasteiger partial charge is 0.193 e. The van der Waals surface area contributed by atoms with Crippen LogP contribution in [0, 0.1) is 5.92 Å². The maximum Gasteiger partial charge on any atom is 0.193 e. The lowest BCUT2D eigenvalue weighted by Crippen LogP contribution is -2.20. The van der Waals surface area contributed by atoms with Crippen LogP contribution in [0.3, 0.4) is 0 Å². The fourth-order valence-corrected chi connectivity index (χ4v) is 2.76. The lowest BCUT2D eigenvalue weighted by atomic mass is 9.81. The molecule has 0 heterocycles. The van der Waals surface area contributed by atoms with Crippen molar-refractivity contribution < 1.29 is 9.59 Å². The van der Waals surface area contributed by atoms with Gasteiger partial charge < -0.3 is 0 Å². The molecule has 0 aliphatic heterocycles. The molecule has 2 heteroatoms. The molecule has 2 nitrogen and oxygen atoms in total. The second-order valence-corrected chi connectivity index (χ2v) is 5.51. The van der Waals surface area contributed by atoms with Crippen molar-refractivity contribution in [2.45, 2.75) is 20.3 Å². The zero-order valence-corrected chi connectivity index (χ0v) is 11.6. The van der Waals surface area contributed by atoms with Crippen molar-refractivity contribution in [2.24, 2.45) is 5.92 Å². The summed E-state index contributed by atoms with van der Waals surface area (Å²) in [4.78, 5) is 24.9. The predicted octanol–water partition coefficient (Wildman–Crippen LogP) is 3.66. The molecule has 2 aromatic carbocycles. The van der Waals surface area contributed by atoms with E-state index in [1.165, 1.54) is 0 Å². The lowest BCUT2D eigenvalue weighted by Gasteiger charge is -2.21. The normalized spacial score (nSPS) is 13.1. The number of hydrogen-bond acceptors (Lipinski definition) is 2. The van der Waals surface area contributed by atoms with Crippen LogP contribution in [0.15, 0.2) is 42.5 Å². The Balaban J connectivity index is 2.18. The standard InChI is InChI=1S/C18H16O2/c1-11(2)17(19)14-8-5-9-15-16(14)10-12-6-3-4-7-13(12)18(15)20/h3-9,11H,10H2,1-2H3. The Morgan fingerprint density at radius 3 is 2.45 bits per heavy atom. The summed E-state index contributed by atoms with van der Waals surface area (Å²) in [5.41, 5.74) is 4.02. The SMILES string of the molecule is CC(C)C(=O)c1cccc2c1Cc1ccccc1C2=O. The summed E-state index contributed by atoms with van der Waals surface area (Å²) in [5, 5.41) is 0. The zero-order valence-electron chi connectivity index (χ0n) is 11.6. The number of carbonyl (C=O) groups excluding carboxylic acids is 2. The largest absolute Gasteiger partial charge is 0.294 e. The molecule has 0 N–H and O–H groups in total. The highest BCUT2D eigenvalue weighted by molar-refractivity contribution is 6.14. The summed E-state index contributed by atoms with van der Waals surface area (Å²) >= 11 is 0. The van der Waals surface area contributed by atoms with Crippen LogP contribution in [0.1, 0.15) is 51.3 Å². The quantitative estimate of drug-likeness (QED) is 0.662. The number of carbonyl (C=O) groups is 2. The van der Waals surface area contributed by atoms with E-state index in [9.17, 15) is 9.59 Å². The van der Waals surface area contributed by atoms with Crippen molar-refractivity contribution in [2.75, 3.05) is 0 Å². The first kappa shape index (κ1) is 12.8. The van der Waals surface area contributed by atoms with E-state index in [2.05, 4.69) is 0 Å². The van der Waals surface area contributed by atoms with Gasteiger partial charge in [0.1, 0.15) is 0 Å². The van der Waals surface area contributed by atoms with Crippen LogP contribution in [0.2, 0.25) is 0 Å². The van der Waals surface area contributed by atoms with Crippen molar-refractivity contribution in [1.82, 2.24) is 0 Å². The van der Waals surface area contributed by atoms with Crippen LogP contribution in [0.5, 0.6) is 0 Å². The summed E-state index contributed by atoms with van der Waals surface area (Å²) in [6.45, 7) is 3.78. The van der Waals surface area contributed by atoms with Gasteiger partial charge in [-0.25, -0.2) is 0 Å². The monoisotopic (exact) mass is 264 g/mol. The molecule has 0 fully saturated rings. The van der Waals surface area contributed by atoms with Crippen molar-refractivity contribution in [3.05, 3.63) is 70.3 Å².